The van der Waals surface area contributed by atoms with E-state index in [1.165, 1.54) is 6.92 Å². The molecule has 0 spiro atoms. The van der Waals surface area contributed by atoms with Gasteiger partial charge in [-0.2, -0.15) is 0 Å². The molecule has 6 nitrogen and oxygen atoms in total. The predicted octanol–water partition coefficient (Wildman–Crippen LogP) is 3.30. The summed E-state index contributed by atoms with van der Waals surface area (Å²) in [6, 6.07) is 11.1. The van der Waals surface area contributed by atoms with Gasteiger partial charge in [0.25, 0.3) is 0 Å². The minimum atomic E-state index is -1.68. The van der Waals surface area contributed by atoms with Crippen molar-refractivity contribution in [2.24, 2.45) is 0 Å². The summed E-state index contributed by atoms with van der Waals surface area (Å²) in [5, 5.41) is 0.861. The van der Waals surface area contributed by atoms with Gasteiger partial charge in [0.1, 0.15) is 5.69 Å². The SMILES string of the molecule is CCn1c(C)c(C2(OC(C)=O)OC(=O)c3cccnc32)c2ccccc21. The summed E-state index contributed by atoms with van der Waals surface area (Å²) in [6.45, 7) is 5.99. The van der Waals surface area contributed by atoms with Crippen LogP contribution in [0.2, 0.25) is 0 Å². The molecule has 0 bridgehead atoms. The molecule has 26 heavy (non-hydrogen) atoms. The number of ether oxygens (including phenoxy) is 2. The number of hydrogen-bond acceptors (Lipinski definition) is 5. The molecule has 3 aromatic rings. The number of aromatic nitrogens is 2. The molecule has 0 aliphatic carbocycles. The van der Waals surface area contributed by atoms with Crippen LogP contribution in [0.5, 0.6) is 0 Å². The molecule has 4 rings (SSSR count). The van der Waals surface area contributed by atoms with Gasteiger partial charge in [-0.1, -0.05) is 18.2 Å². The molecule has 2 aromatic heterocycles. The average molecular weight is 350 g/mol. The lowest BCUT2D eigenvalue weighted by Gasteiger charge is -2.27. The molecule has 1 aliphatic rings. The number of carbonyl (C=O) groups excluding carboxylic acids is 2. The second-order valence-electron chi connectivity index (χ2n) is 6.22. The third-order valence-electron chi connectivity index (χ3n) is 4.74. The smallest absolute Gasteiger partial charge is 0.344 e. The molecule has 1 aliphatic heterocycles. The molecule has 0 saturated carbocycles. The third-order valence-corrected chi connectivity index (χ3v) is 4.74. The van der Waals surface area contributed by atoms with E-state index in [-0.39, 0.29) is 0 Å². The number of aryl methyl sites for hydroxylation is 1. The predicted molar refractivity (Wildman–Crippen MR) is 94.5 cm³/mol. The first-order valence-electron chi connectivity index (χ1n) is 8.46. The topological polar surface area (TPSA) is 70.4 Å². The van der Waals surface area contributed by atoms with Gasteiger partial charge in [0, 0.05) is 36.3 Å². The molecule has 0 amide bonds. The molecule has 132 valence electrons. The quantitative estimate of drug-likeness (QED) is 0.678. The minimum Gasteiger partial charge on any atom is -0.412 e. The monoisotopic (exact) mass is 350 g/mol. The van der Waals surface area contributed by atoms with Crippen LogP contribution in [-0.4, -0.2) is 21.5 Å². The fourth-order valence-electron chi connectivity index (χ4n) is 3.81. The van der Waals surface area contributed by atoms with E-state index in [9.17, 15) is 9.59 Å². The maximum Gasteiger partial charge on any atom is 0.344 e. The van der Waals surface area contributed by atoms with E-state index in [0.29, 0.717) is 16.8 Å². The number of cyclic esters (lactones) is 1. The number of fused-ring (bicyclic) bond motifs is 2. The van der Waals surface area contributed by atoms with Crippen LogP contribution in [0, 0.1) is 6.92 Å². The molecule has 3 heterocycles. The summed E-state index contributed by atoms with van der Waals surface area (Å²) >= 11 is 0. The van der Waals surface area contributed by atoms with Crippen molar-refractivity contribution < 1.29 is 19.1 Å². The maximum absolute atomic E-state index is 12.5. The van der Waals surface area contributed by atoms with E-state index in [0.717, 1.165) is 23.1 Å². The number of carbonyl (C=O) groups is 2. The van der Waals surface area contributed by atoms with E-state index >= 15 is 0 Å². The van der Waals surface area contributed by atoms with Crippen molar-refractivity contribution in [3.8, 4) is 0 Å². The van der Waals surface area contributed by atoms with Crippen LogP contribution < -0.4 is 0 Å². The van der Waals surface area contributed by atoms with Crippen molar-refractivity contribution in [3.05, 3.63) is 65.1 Å². The summed E-state index contributed by atoms with van der Waals surface area (Å²) in [5.41, 5.74) is 3.09. The average Bonchev–Trinajstić information content (AvgIpc) is 3.06. The van der Waals surface area contributed by atoms with E-state index in [1.54, 1.807) is 18.3 Å². The van der Waals surface area contributed by atoms with Crippen molar-refractivity contribution >= 4 is 22.8 Å². The van der Waals surface area contributed by atoms with Crippen LogP contribution in [0.3, 0.4) is 0 Å². The first kappa shape index (κ1) is 16.3. The molecule has 1 aromatic carbocycles. The zero-order valence-electron chi connectivity index (χ0n) is 14.8. The number of nitrogens with zero attached hydrogens (tertiary/aromatic N) is 2. The maximum atomic E-state index is 12.5. The minimum absolute atomic E-state index is 0.307. The van der Waals surface area contributed by atoms with Crippen LogP contribution in [0.4, 0.5) is 0 Å². The fourth-order valence-corrected chi connectivity index (χ4v) is 3.81. The highest BCUT2D eigenvalue weighted by atomic mass is 16.7. The Morgan fingerprint density at radius 2 is 2.04 bits per heavy atom. The highest BCUT2D eigenvalue weighted by molar-refractivity contribution is 5.97. The summed E-state index contributed by atoms with van der Waals surface area (Å²) in [7, 11) is 0. The van der Waals surface area contributed by atoms with Crippen molar-refractivity contribution in [1.29, 1.82) is 0 Å². The summed E-state index contributed by atoms with van der Waals surface area (Å²) in [6.07, 6.45) is 1.56. The Hall–Kier alpha value is -3.15. The number of hydrogen-bond donors (Lipinski definition) is 0. The molecule has 0 fully saturated rings. The third kappa shape index (κ3) is 2.08. The largest absolute Gasteiger partial charge is 0.412 e. The van der Waals surface area contributed by atoms with Gasteiger partial charge in [-0.15, -0.1) is 0 Å². The Morgan fingerprint density at radius 1 is 1.27 bits per heavy atom. The molecule has 0 N–H and O–H groups in total. The van der Waals surface area contributed by atoms with E-state index < -0.39 is 17.7 Å². The second-order valence-corrected chi connectivity index (χ2v) is 6.22. The Balaban J connectivity index is 2.12. The van der Waals surface area contributed by atoms with E-state index in [1.807, 2.05) is 38.1 Å². The lowest BCUT2D eigenvalue weighted by Crippen LogP contribution is -2.35. The summed E-state index contributed by atoms with van der Waals surface area (Å²) < 4.78 is 13.5. The van der Waals surface area contributed by atoms with Gasteiger partial charge in [-0.25, -0.2) is 4.79 Å². The van der Waals surface area contributed by atoms with Crippen LogP contribution in [-0.2, 0) is 26.6 Å². The van der Waals surface area contributed by atoms with Gasteiger partial charge in [0.2, 0.25) is 0 Å². The Bertz CT molecular complexity index is 1050. The molecule has 1 atom stereocenters. The van der Waals surface area contributed by atoms with Crippen LogP contribution in [0.1, 0.15) is 41.2 Å². The highest BCUT2D eigenvalue weighted by Gasteiger charge is 2.54. The van der Waals surface area contributed by atoms with Gasteiger partial charge >= 0.3 is 17.7 Å². The Labute approximate surface area is 150 Å². The Kier molecular flexibility index (Phi) is 3.57. The first-order chi connectivity index (χ1) is 12.5. The van der Waals surface area contributed by atoms with Crippen molar-refractivity contribution in [2.45, 2.75) is 33.1 Å². The van der Waals surface area contributed by atoms with Crippen LogP contribution >= 0.6 is 0 Å². The highest BCUT2D eigenvalue weighted by Crippen LogP contribution is 2.46. The summed E-state index contributed by atoms with van der Waals surface area (Å²) in [5.74, 6) is -2.78. The molecular weight excluding hydrogens is 332 g/mol. The molecule has 6 heteroatoms. The lowest BCUT2D eigenvalue weighted by molar-refractivity contribution is -0.192. The normalized spacial score (nSPS) is 18.7. The van der Waals surface area contributed by atoms with Gasteiger partial charge < -0.3 is 14.0 Å². The molecular formula is C20H18N2O4. The van der Waals surface area contributed by atoms with Crippen molar-refractivity contribution in [1.82, 2.24) is 9.55 Å². The second kappa shape index (κ2) is 5.69. The van der Waals surface area contributed by atoms with Gasteiger partial charge in [-0.3, -0.25) is 9.78 Å². The van der Waals surface area contributed by atoms with E-state index in [4.69, 9.17) is 9.47 Å². The van der Waals surface area contributed by atoms with Gasteiger partial charge in [0.15, 0.2) is 0 Å². The number of benzene rings is 1. The zero-order valence-corrected chi connectivity index (χ0v) is 14.8. The zero-order chi connectivity index (χ0) is 18.5. The van der Waals surface area contributed by atoms with E-state index in [2.05, 4.69) is 9.55 Å². The first-order valence-corrected chi connectivity index (χ1v) is 8.46. The lowest BCUT2D eigenvalue weighted by atomic mass is 9.97. The Morgan fingerprint density at radius 3 is 2.77 bits per heavy atom. The number of rotatable bonds is 3. The number of esters is 2. The number of para-hydroxylation sites is 1. The summed E-state index contributed by atoms with van der Waals surface area (Å²) in [4.78, 5) is 28.8. The number of pyridine rings is 1. The standard InChI is InChI=1S/C20H18N2O4/c1-4-22-12(2)17(14-8-5-6-10-16(14)22)20(25-13(3)23)18-15(19(24)26-20)9-7-11-21-18/h5-11H,4H2,1-3H3. The van der Waals surface area contributed by atoms with Crippen LogP contribution in [0.15, 0.2) is 42.6 Å². The molecule has 1 unspecified atom stereocenters. The van der Waals surface area contributed by atoms with Crippen molar-refractivity contribution in [3.63, 3.8) is 0 Å². The van der Waals surface area contributed by atoms with Gasteiger partial charge in [0.05, 0.1) is 11.1 Å². The molecule has 0 saturated heterocycles. The van der Waals surface area contributed by atoms with Crippen molar-refractivity contribution in [2.75, 3.05) is 0 Å². The van der Waals surface area contributed by atoms with Gasteiger partial charge in [-0.05, 0) is 32.0 Å². The molecule has 0 radical (unpaired) electrons. The van der Waals surface area contributed by atoms with Crippen LogP contribution in [0.25, 0.3) is 10.9 Å². The fraction of sp³-hybridized carbons (Fsp3) is 0.250.